The van der Waals surface area contributed by atoms with Crippen LogP contribution in [0.25, 0.3) is 0 Å². The maximum absolute atomic E-state index is 13.1. The minimum Gasteiger partial charge on any atom is -0.508 e. The van der Waals surface area contributed by atoms with E-state index in [1.165, 1.54) is 30.3 Å². The van der Waals surface area contributed by atoms with Crippen molar-refractivity contribution in [2.24, 2.45) is 5.84 Å². The lowest BCUT2D eigenvalue weighted by Gasteiger charge is -2.31. The number of aromatic hydroxyl groups is 1. The molecule has 1 aliphatic heterocycles. The maximum Gasteiger partial charge on any atom is 0.253 e. The highest BCUT2D eigenvalue weighted by atomic mass is 32.2. The van der Waals surface area contributed by atoms with E-state index in [2.05, 4.69) is 5.32 Å². The second-order valence-electron chi connectivity index (χ2n) is 5.88. The molecule has 0 amide bonds. The third-order valence-electron chi connectivity index (χ3n) is 4.26. The Bertz CT molecular complexity index is 907. The van der Waals surface area contributed by atoms with Crippen molar-refractivity contribution in [1.82, 2.24) is 10.1 Å². The molecule has 3 rings (SSSR count). The van der Waals surface area contributed by atoms with Crippen molar-refractivity contribution in [3.63, 3.8) is 0 Å². The van der Waals surface area contributed by atoms with Gasteiger partial charge in [0.25, 0.3) is 10.0 Å². The summed E-state index contributed by atoms with van der Waals surface area (Å²) < 4.78 is 24.8. The standard InChI is InChI=1S/C17H20N4O4S/c18-20-26(24,25)15-3-1-2-14(21-10-8-19-9-11-21)16(15)17(23)12-4-6-13(22)7-5-12/h1-7,19-20,22H,8-11,18H2. The van der Waals surface area contributed by atoms with E-state index < -0.39 is 15.8 Å². The van der Waals surface area contributed by atoms with Gasteiger partial charge in [0.15, 0.2) is 5.78 Å². The van der Waals surface area contributed by atoms with E-state index >= 15 is 0 Å². The Labute approximate surface area is 151 Å². The van der Waals surface area contributed by atoms with Crippen LogP contribution in [0, 0.1) is 0 Å². The van der Waals surface area contributed by atoms with Gasteiger partial charge in [-0.25, -0.2) is 8.42 Å². The molecule has 5 N–H and O–H groups in total. The normalized spacial score (nSPS) is 15.0. The first-order valence-corrected chi connectivity index (χ1v) is 9.57. The molecule has 1 fully saturated rings. The molecule has 9 heteroatoms. The molecule has 1 saturated heterocycles. The Morgan fingerprint density at radius 2 is 1.77 bits per heavy atom. The number of carbonyl (C=O) groups is 1. The van der Waals surface area contributed by atoms with Crippen molar-refractivity contribution in [3.8, 4) is 5.75 Å². The summed E-state index contributed by atoms with van der Waals surface area (Å²) in [5.74, 6) is 4.76. The van der Waals surface area contributed by atoms with Crippen LogP contribution >= 0.6 is 0 Å². The molecule has 26 heavy (non-hydrogen) atoms. The zero-order chi connectivity index (χ0) is 18.7. The number of piperazine rings is 1. The maximum atomic E-state index is 13.1. The van der Waals surface area contributed by atoms with E-state index in [1.807, 2.05) is 4.90 Å². The Morgan fingerprint density at radius 1 is 1.12 bits per heavy atom. The lowest BCUT2D eigenvalue weighted by molar-refractivity contribution is 0.103. The molecule has 0 unspecified atom stereocenters. The van der Waals surface area contributed by atoms with Crippen molar-refractivity contribution in [2.45, 2.75) is 4.90 Å². The number of nitrogens with zero attached hydrogens (tertiary/aromatic N) is 1. The number of nitrogens with two attached hydrogens (primary N) is 1. The molecule has 2 aromatic rings. The molecule has 0 spiro atoms. The Balaban J connectivity index is 2.18. The number of phenols is 1. The fourth-order valence-electron chi connectivity index (χ4n) is 2.96. The second kappa shape index (κ2) is 7.42. The number of sulfonamides is 1. The predicted octanol–water partition coefficient (Wildman–Crippen LogP) is 0.185. The number of benzene rings is 2. The summed E-state index contributed by atoms with van der Waals surface area (Å²) in [7, 11) is -4.04. The van der Waals surface area contributed by atoms with Crippen LogP contribution in [0.3, 0.4) is 0 Å². The van der Waals surface area contributed by atoms with Crippen molar-refractivity contribution in [2.75, 3.05) is 31.1 Å². The number of hydrogen-bond acceptors (Lipinski definition) is 7. The molecule has 0 aliphatic carbocycles. The first kappa shape index (κ1) is 18.3. The summed E-state index contributed by atoms with van der Waals surface area (Å²) in [6.45, 7) is 2.77. The van der Waals surface area contributed by atoms with Crippen LogP contribution in [0.1, 0.15) is 15.9 Å². The number of carbonyl (C=O) groups excluding carboxylic acids is 1. The Hall–Kier alpha value is -2.46. The van der Waals surface area contributed by atoms with Gasteiger partial charge in [-0.3, -0.25) is 10.6 Å². The highest BCUT2D eigenvalue weighted by molar-refractivity contribution is 7.89. The molecule has 0 bridgehead atoms. The van der Waals surface area contributed by atoms with E-state index in [0.717, 1.165) is 13.1 Å². The van der Waals surface area contributed by atoms with E-state index in [0.29, 0.717) is 18.8 Å². The van der Waals surface area contributed by atoms with Gasteiger partial charge in [-0.15, -0.1) is 0 Å². The molecule has 2 aromatic carbocycles. The summed E-state index contributed by atoms with van der Waals surface area (Å²) in [5.41, 5.74) is 0.887. The summed E-state index contributed by atoms with van der Waals surface area (Å²) in [5, 5.41) is 12.7. The van der Waals surface area contributed by atoms with Gasteiger partial charge < -0.3 is 15.3 Å². The number of hydrazine groups is 1. The number of phenolic OH excluding ortho intramolecular Hbond substituents is 1. The monoisotopic (exact) mass is 376 g/mol. The van der Waals surface area contributed by atoms with Gasteiger partial charge >= 0.3 is 0 Å². The second-order valence-corrected chi connectivity index (χ2v) is 7.57. The molecule has 0 saturated carbocycles. The van der Waals surface area contributed by atoms with Crippen molar-refractivity contribution in [3.05, 3.63) is 53.6 Å². The SMILES string of the molecule is NNS(=O)(=O)c1cccc(N2CCNCC2)c1C(=O)c1ccc(O)cc1. The average molecular weight is 376 g/mol. The minimum atomic E-state index is -4.04. The highest BCUT2D eigenvalue weighted by Crippen LogP contribution is 2.30. The zero-order valence-corrected chi connectivity index (χ0v) is 14.8. The van der Waals surface area contributed by atoms with Crippen molar-refractivity contribution >= 4 is 21.5 Å². The highest BCUT2D eigenvalue weighted by Gasteiger charge is 2.28. The molecule has 0 atom stereocenters. The van der Waals surface area contributed by atoms with Crippen LogP contribution in [-0.4, -0.2) is 45.5 Å². The van der Waals surface area contributed by atoms with Gasteiger partial charge in [-0.2, -0.15) is 4.83 Å². The number of rotatable bonds is 5. The number of hydrogen-bond donors (Lipinski definition) is 4. The average Bonchev–Trinajstić information content (AvgIpc) is 2.68. The number of nitrogens with one attached hydrogen (secondary N) is 2. The van der Waals surface area contributed by atoms with Crippen LogP contribution in [0.5, 0.6) is 5.75 Å². The zero-order valence-electron chi connectivity index (χ0n) is 14.0. The fourth-order valence-corrected chi connectivity index (χ4v) is 3.81. The largest absolute Gasteiger partial charge is 0.508 e. The molecular weight excluding hydrogens is 356 g/mol. The first-order chi connectivity index (χ1) is 12.4. The van der Waals surface area contributed by atoms with E-state index in [9.17, 15) is 18.3 Å². The van der Waals surface area contributed by atoms with Crippen LogP contribution in [0.4, 0.5) is 5.69 Å². The van der Waals surface area contributed by atoms with Crippen LogP contribution in [-0.2, 0) is 10.0 Å². The lowest BCUT2D eigenvalue weighted by atomic mass is 10.0. The van der Waals surface area contributed by atoms with Gasteiger partial charge in [-0.1, -0.05) is 6.07 Å². The van der Waals surface area contributed by atoms with E-state index in [1.54, 1.807) is 17.0 Å². The van der Waals surface area contributed by atoms with Gasteiger partial charge in [-0.05, 0) is 36.4 Å². The van der Waals surface area contributed by atoms with Gasteiger partial charge in [0.1, 0.15) is 5.75 Å². The third-order valence-corrected chi connectivity index (χ3v) is 5.49. The quantitative estimate of drug-likeness (QED) is 0.333. The van der Waals surface area contributed by atoms with Crippen LogP contribution in [0.2, 0.25) is 0 Å². The summed E-state index contributed by atoms with van der Waals surface area (Å²) in [6.07, 6.45) is 0. The summed E-state index contributed by atoms with van der Waals surface area (Å²) in [6, 6.07) is 10.4. The molecular formula is C17H20N4O4S. The van der Waals surface area contributed by atoms with Crippen molar-refractivity contribution in [1.29, 1.82) is 0 Å². The van der Waals surface area contributed by atoms with E-state index in [4.69, 9.17) is 5.84 Å². The first-order valence-electron chi connectivity index (χ1n) is 8.09. The molecule has 8 nitrogen and oxygen atoms in total. The minimum absolute atomic E-state index is 0.0217. The van der Waals surface area contributed by atoms with Crippen LogP contribution < -0.4 is 20.9 Å². The van der Waals surface area contributed by atoms with Crippen LogP contribution in [0.15, 0.2) is 47.4 Å². The Kier molecular flexibility index (Phi) is 5.23. The molecule has 1 aliphatic rings. The summed E-state index contributed by atoms with van der Waals surface area (Å²) in [4.78, 5) is 16.7. The summed E-state index contributed by atoms with van der Waals surface area (Å²) >= 11 is 0. The van der Waals surface area contributed by atoms with Gasteiger partial charge in [0.2, 0.25) is 0 Å². The molecule has 0 aromatic heterocycles. The predicted molar refractivity (Wildman–Crippen MR) is 97.6 cm³/mol. The van der Waals surface area contributed by atoms with Gasteiger partial charge in [0, 0.05) is 37.4 Å². The fraction of sp³-hybridized carbons (Fsp3) is 0.235. The smallest absolute Gasteiger partial charge is 0.253 e. The molecule has 0 radical (unpaired) electrons. The lowest BCUT2D eigenvalue weighted by Crippen LogP contribution is -2.44. The topological polar surface area (TPSA) is 125 Å². The van der Waals surface area contributed by atoms with E-state index in [-0.39, 0.29) is 21.8 Å². The number of anilines is 1. The Morgan fingerprint density at radius 3 is 2.38 bits per heavy atom. The third kappa shape index (κ3) is 3.56. The number of ketones is 1. The molecule has 1 heterocycles. The van der Waals surface area contributed by atoms with Gasteiger partial charge in [0.05, 0.1) is 10.5 Å². The van der Waals surface area contributed by atoms with Crippen molar-refractivity contribution < 1.29 is 18.3 Å². The molecule has 138 valence electrons.